The second kappa shape index (κ2) is 6.51. The molecule has 1 aromatic carbocycles. The van der Waals surface area contributed by atoms with Crippen molar-refractivity contribution in [3.8, 4) is 5.69 Å². The predicted molar refractivity (Wildman–Crippen MR) is 92.5 cm³/mol. The monoisotopic (exact) mass is 336 g/mol. The van der Waals surface area contributed by atoms with Crippen molar-refractivity contribution in [1.82, 2.24) is 30.1 Å². The number of nitrogens with one attached hydrogen (secondary N) is 1. The Morgan fingerprint density at radius 1 is 1.32 bits per heavy atom. The number of aromatic amines is 1. The van der Waals surface area contributed by atoms with Crippen LogP contribution >= 0.6 is 0 Å². The third-order valence-electron chi connectivity index (χ3n) is 4.73. The van der Waals surface area contributed by atoms with Crippen molar-refractivity contribution >= 4 is 5.91 Å². The molecule has 4 rings (SSSR count). The number of aryl methyl sites for hydroxylation is 1. The minimum Gasteiger partial charge on any atom is -0.334 e. The first-order valence-electron chi connectivity index (χ1n) is 8.56. The van der Waals surface area contributed by atoms with Crippen molar-refractivity contribution in [2.24, 2.45) is 0 Å². The van der Waals surface area contributed by atoms with E-state index in [1.165, 1.54) is 16.1 Å². The van der Waals surface area contributed by atoms with Crippen molar-refractivity contribution in [1.29, 1.82) is 0 Å². The maximum Gasteiger partial charge on any atom is 0.276 e. The Kier molecular flexibility index (Phi) is 4.05. The SMILES string of the molecule is CCN(C(=O)c1cnn(-c2ccccc2)n1)C1CCc2[nH]ncc2C1. The van der Waals surface area contributed by atoms with Gasteiger partial charge in [0.1, 0.15) is 0 Å². The standard InChI is InChI=1S/C18H20N6O/c1-2-23(15-8-9-16-13(10-15)11-19-21-16)18(25)17-12-20-24(22-17)14-6-4-3-5-7-14/h3-7,11-12,15H,2,8-10H2,1H3,(H,19,21). The van der Waals surface area contributed by atoms with E-state index in [4.69, 9.17) is 0 Å². The molecular weight excluding hydrogens is 316 g/mol. The van der Waals surface area contributed by atoms with Crippen LogP contribution in [0.2, 0.25) is 0 Å². The third kappa shape index (κ3) is 2.93. The average molecular weight is 336 g/mol. The summed E-state index contributed by atoms with van der Waals surface area (Å²) in [5.41, 5.74) is 3.61. The molecule has 0 saturated carbocycles. The lowest BCUT2D eigenvalue weighted by atomic mass is 9.92. The fourth-order valence-electron chi connectivity index (χ4n) is 3.42. The molecule has 0 bridgehead atoms. The number of para-hydroxylation sites is 1. The highest BCUT2D eigenvalue weighted by Gasteiger charge is 2.29. The molecule has 1 N–H and O–H groups in total. The molecule has 0 radical (unpaired) electrons. The van der Waals surface area contributed by atoms with Crippen LogP contribution in [0.5, 0.6) is 0 Å². The van der Waals surface area contributed by atoms with Crippen LogP contribution in [0.15, 0.2) is 42.7 Å². The van der Waals surface area contributed by atoms with Gasteiger partial charge in [0.25, 0.3) is 5.91 Å². The van der Waals surface area contributed by atoms with Gasteiger partial charge < -0.3 is 4.90 Å². The molecule has 128 valence electrons. The Balaban J connectivity index is 1.54. The first kappa shape index (κ1) is 15.6. The number of carbonyl (C=O) groups is 1. The highest BCUT2D eigenvalue weighted by atomic mass is 16.2. The van der Waals surface area contributed by atoms with E-state index in [0.29, 0.717) is 12.2 Å². The second-order valence-electron chi connectivity index (χ2n) is 6.22. The van der Waals surface area contributed by atoms with Gasteiger partial charge in [-0.2, -0.15) is 15.0 Å². The van der Waals surface area contributed by atoms with Gasteiger partial charge in [0, 0.05) is 18.3 Å². The summed E-state index contributed by atoms with van der Waals surface area (Å²) < 4.78 is 0. The number of hydrogen-bond donors (Lipinski definition) is 1. The van der Waals surface area contributed by atoms with E-state index in [-0.39, 0.29) is 11.9 Å². The van der Waals surface area contributed by atoms with Gasteiger partial charge >= 0.3 is 0 Å². The third-order valence-corrected chi connectivity index (χ3v) is 4.73. The Labute approximate surface area is 145 Å². The summed E-state index contributed by atoms with van der Waals surface area (Å²) in [4.78, 5) is 16.4. The first-order chi connectivity index (χ1) is 12.3. The Morgan fingerprint density at radius 2 is 2.16 bits per heavy atom. The van der Waals surface area contributed by atoms with E-state index < -0.39 is 0 Å². The number of H-pyrrole nitrogens is 1. The maximum atomic E-state index is 13.0. The molecule has 1 atom stereocenters. The Bertz CT molecular complexity index is 869. The molecule has 2 aromatic heterocycles. The summed E-state index contributed by atoms with van der Waals surface area (Å²) in [6, 6.07) is 9.77. The van der Waals surface area contributed by atoms with Crippen molar-refractivity contribution in [3.05, 3.63) is 59.7 Å². The molecule has 7 heteroatoms. The largest absolute Gasteiger partial charge is 0.334 e. The van der Waals surface area contributed by atoms with Crippen LogP contribution < -0.4 is 0 Å². The zero-order valence-corrected chi connectivity index (χ0v) is 14.1. The number of fused-ring (bicyclic) bond motifs is 1. The first-order valence-corrected chi connectivity index (χ1v) is 8.56. The smallest absolute Gasteiger partial charge is 0.276 e. The highest BCUT2D eigenvalue weighted by molar-refractivity contribution is 5.92. The molecule has 25 heavy (non-hydrogen) atoms. The number of rotatable bonds is 4. The van der Waals surface area contributed by atoms with Crippen LogP contribution in [0.4, 0.5) is 0 Å². The van der Waals surface area contributed by atoms with Crippen molar-refractivity contribution in [2.75, 3.05) is 6.54 Å². The fraction of sp³-hybridized carbons (Fsp3) is 0.333. The topological polar surface area (TPSA) is 79.7 Å². The molecular formula is C18H20N6O. The molecule has 1 unspecified atom stereocenters. The van der Waals surface area contributed by atoms with Crippen LogP contribution in [0.25, 0.3) is 5.69 Å². The summed E-state index contributed by atoms with van der Waals surface area (Å²) in [5, 5.41) is 15.8. The van der Waals surface area contributed by atoms with E-state index >= 15 is 0 Å². The Morgan fingerprint density at radius 3 is 2.96 bits per heavy atom. The summed E-state index contributed by atoms with van der Waals surface area (Å²) in [6.07, 6.45) is 6.09. The lowest BCUT2D eigenvalue weighted by Crippen LogP contribution is -2.43. The number of amides is 1. The summed E-state index contributed by atoms with van der Waals surface area (Å²) in [5.74, 6) is -0.0679. The van der Waals surface area contributed by atoms with Crippen LogP contribution in [-0.2, 0) is 12.8 Å². The van der Waals surface area contributed by atoms with Gasteiger partial charge in [0.05, 0.1) is 18.1 Å². The maximum absolute atomic E-state index is 13.0. The van der Waals surface area contributed by atoms with Gasteiger partial charge in [-0.05, 0) is 43.9 Å². The summed E-state index contributed by atoms with van der Waals surface area (Å²) in [7, 11) is 0. The number of benzene rings is 1. The number of carbonyl (C=O) groups excluding carboxylic acids is 1. The molecule has 0 spiro atoms. The summed E-state index contributed by atoms with van der Waals surface area (Å²) >= 11 is 0. The predicted octanol–water partition coefficient (Wildman–Crippen LogP) is 2.01. The zero-order chi connectivity index (χ0) is 17.2. The van der Waals surface area contributed by atoms with Gasteiger partial charge in [0.15, 0.2) is 5.69 Å². The quantitative estimate of drug-likeness (QED) is 0.790. The molecule has 7 nitrogen and oxygen atoms in total. The Hall–Kier alpha value is -2.96. The molecule has 0 saturated heterocycles. The fourth-order valence-corrected chi connectivity index (χ4v) is 3.42. The lowest BCUT2D eigenvalue weighted by Gasteiger charge is -2.32. The van der Waals surface area contributed by atoms with E-state index in [1.807, 2.05) is 48.4 Å². The van der Waals surface area contributed by atoms with Crippen molar-refractivity contribution in [3.63, 3.8) is 0 Å². The van der Waals surface area contributed by atoms with Crippen LogP contribution in [-0.4, -0.2) is 48.6 Å². The van der Waals surface area contributed by atoms with Gasteiger partial charge in [-0.1, -0.05) is 18.2 Å². The number of hydrogen-bond acceptors (Lipinski definition) is 4. The molecule has 3 aromatic rings. The minimum absolute atomic E-state index is 0.0679. The van der Waals surface area contributed by atoms with Gasteiger partial charge in [-0.15, -0.1) is 5.10 Å². The highest BCUT2D eigenvalue weighted by Crippen LogP contribution is 2.23. The summed E-state index contributed by atoms with van der Waals surface area (Å²) in [6.45, 7) is 2.65. The van der Waals surface area contributed by atoms with Crippen molar-refractivity contribution in [2.45, 2.75) is 32.2 Å². The van der Waals surface area contributed by atoms with Crippen LogP contribution in [0, 0.1) is 0 Å². The van der Waals surface area contributed by atoms with Gasteiger partial charge in [-0.25, -0.2) is 0 Å². The normalized spacial score (nSPS) is 16.4. The number of likely N-dealkylation sites (N-methyl/N-ethyl adjacent to an activating group) is 1. The molecule has 1 aliphatic carbocycles. The average Bonchev–Trinajstić information content (AvgIpc) is 3.32. The molecule has 1 aliphatic rings. The lowest BCUT2D eigenvalue weighted by molar-refractivity contribution is 0.0667. The molecule has 2 heterocycles. The van der Waals surface area contributed by atoms with E-state index in [2.05, 4.69) is 20.4 Å². The van der Waals surface area contributed by atoms with Gasteiger partial charge in [0.2, 0.25) is 0 Å². The second-order valence-corrected chi connectivity index (χ2v) is 6.22. The molecule has 0 aliphatic heterocycles. The molecule has 0 fully saturated rings. The number of nitrogens with zero attached hydrogens (tertiary/aromatic N) is 5. The molecule has 1 amide bonds. The van der Waals surface area contributed by atoms with Crippen molar-refractivity contribution < 1.29 is 4.79 Å². The van der Waals surface area contributed by atoms with Crippen LogP contribution in [0.1, 0.15) is 35.1 Å². The van der Waals surface area contributed by atoms with E-state index in [1.54, 1.807) is 6.20 Å². The van der Waals surface area contributed by atoms with E-state index in [9.17, 15) is 4.79 Å². The zero-order valence-electron chi connectivity index (χ0n) is 14.1. The minimum atomic E-state index is -0.0679. The number of aromatic nitrogens is 5. The van der Waals surface area contributed by atoms with Gasteiger partial charge in [-0.3, -0.25) is 9.89 Å². The van der Waals surface area contributed by atoms with Crippen LogP contribution in [0.3, 0.4) is 0 Å². The van der Waals surface area contributed by atoms with E-state index in [0.717, 1.165) is 24.9 Å².